The van der Waals surface area contributed by atoms with Gasteiger partial charge in [0.1, 0.15) is 0 Å². The van der Waals surface area contributed by atoms with Gasteiger partial charge in [0.2, 0.25) is 0 Å². The van der Waals surface area contributed by atoms with E-state index in [1.807, 2.05) is 0 Å². The van der Waals surface area contributed by atoms with Gasteiger partial charge in [0, 0.05) is 0 Å². The van der Waals surface area contributed by atoms with Crippen LogP contribution in [0.15, 0.2) is 18.2 Å². The second-order valence-corrected chi connectivity index (χ2v) is 9.50. The molecule has 0 radical (unpaired) electrons. The molecule has 6 nitrogen and oxygen atoms in total. The second-order valence-electron chi connectivity index (χ2n) is 3.35. The van der Waals surface area contributed by atoms with E-state index in [0.29, 0.717) is 0 Å². The van der Waals surface area contributed by atoms with E-state index in [9.17, 15) is 0 Å². The van der Waals surface area contributed by atoms with Gasteiger partial charge in [-0.1, -0.05) is 0 Å². The third kappa shape index (κ3) is 32.5. The maximum atomic E-state index is 7.56. The van der Waals surface area contributed by atoms with Crippen molar-refractivity contribution in [1.82, 2.24) is 0 Å². The van der Waals surface area contributed by atoms with E-state index >= 15 is 0 Å². The fourth-order valence-corrected chi connectivity index (χ4v) is 1.85. The molecule has 0 saturated carbocycles. The Morgan fingerprint density at radius 3 is 1.16 bits per heavy atom. The molecule has 0 unspecified atom stereocenters. The van der Waals surface area contributed by atoms with Gasteiger partial charge in [-0.05, 0) is 23.6 Å². The fraction of sp³-hybridized carbons (Fsp3) is 0.250. The average Bonchev–Trinajstić information content (AvgIpc) is 1.91. The predicted octanol–water partition coefficient (Wildman–Crippen LogP) is -0.149. The first-order chi connectivity index (χ1) is 8.18. The largest absolute Gasteiger partial charge is 0.325 e. The molecule has 0 amide bonds. The second kappa shape index (κ2) is 9.82. The molecule has 0 spiro atoms. The van der Waals surface area contributed by atoms with Gasteiger partial charge in [0.05, 0.1) is 0 Å². The number of aryl methyl sites for hydroxylation is 2. The topological polar surface area (TPSA) is 121 Å². The van der Waals surface area contributed by atoms with Crippen molar-refractivity contribution in [3.63, 3.8) is 0 Å². The van der Waals surface area contributed by atoms with Crippen molar-refractivity contribution in [3.05, 3.63) is 29.3 Å². The van der Waals surface area contributed by atoms with Crippen molar-refractivity contribution in [2.75, 3.05) is 0 Å². The molecule has 0 aliphatic heterocycles. The molecule has 0 saturated heterocycles. The minimum Gasteiger partial charge on any atom is -0.325 e. The van der Waals surface area contributed by atoms with E-state index < -0.39 is 13.4 Å². The Balaban J connectivity index is 0. The molecule has 0 aliphatic rings. The zero-order valence-electron chi connectivity index (χ0n) is 10.0. The molecule has 0 heterocycles. The van der Waals surface area contributed by atoms with Crippen LogP contribution < -0.4 is 3.95 Å². The summed E-state index contributed by atoms with van der Waals surface area (Å²) in [6, 6.07) is 6.57. The first kappa shape index (κ1) is 22.3. The Morgan fingerprint density at radius 2 is 1.00 bits per heavy atom. The first-order valence-corrected chi connectivity index (χ1v) is 10.8. The molecule has 1 aromatic carbocycles. The van der Waals surface area contributed by atoms with Gasteiger partial charge in [0.15, 0.2) is 0 Å². The monoisotopic (exact) mass is 431 g/mol. The van der Waals surface area contributed by atoms with Crippen LogP contribution in [0.25, 0.3) is 0 Å². The van der Waals surface area contributed by atoms with E-state index in [1.165, 1.54) is 15.1 Å². The molecular formula is C8H15MoO6P2S2. The summed E-state index contributed by atoms with van der Waals surface area (Å²) >= 11 is 9.26. The van der Waals surface area contributed by atoms with Crippen molar-refractivity contribution in [3.8, 4) is 0 Å². The Morgan fingerprint density at radius 1 is 0.789 bits per heavy atom. The van der Waals surface area contributed by atoms with E-state index in [1.54, 1.807) is 0 Å². The molecule has 0 fully saturated rings. The Hall–Kier alpha value is 0.968. The molecule has 0 aromatic heterocycles. The molecule has 11 heteroatoms. The van der Waals surface area contributed by atoms with Crippen molar-refractivity contribution < 1.29 is 49.2 Å². The fourth-order valence-electron chi connectivity index (χ4n) is 0.933. The van der Waals surface area contributed by atoms with Gasteiger partial charge in [-0.25, -0.2) is 0 Å². The van der Waals surface area contributed by atoms with Crippen LogP contribution in [0.4, 0.5) is 0 Å². The standard InChI is InChI=1S/C8H9.Mo.2H3O3PS/c1-7-4-3-5-8(2)6-7;;2*1-4(2,3)5/h4-6H,1-2H3;;2*(H3,1,2,3,5). The number of benzene rings is 1. The van der Waals surface area contributed by atoms with Crippen molar-refractivity contribution in [1.29, 1.82) is 0 Å². The number of hydrogen-bond acceptors (Lipinski definition) is 2. The summed E-state index contributed by atoms with van der Waals surface area (Å²) in [6.07, 6.45) is 0. The smallest absolute Gasteiger partial charge is 0.319 e. The number of hydrogen-bond donors (Lipinski definition) is 6. The first-order valence-electron chi connectivity index (χ1n) is 4.50. The Labute approximate surface area is 133 Å². The maximum absolute atomic E-state index is 7.56. The summed E-state index contributed by atoms with van der Waals surface area (Å²) in [7, 11) is 0. The van der Waals surface area contributed by atoms with E-state index in [2.05, 4.69) is 75.5 Å². The van der Waals surface area contributed by atoms with Crippen LogP contribution in [-0.2, 0) is 43.4 Å². The van der Waals surface area contributed by atoms with Crippen LogP contribution in [-0.4, -0.2) is 29.4 Å². The quantitative estimate of drug-likeness (QED) is 0.249. The van der Waals surface area contributed by atoms with Gasteiger partial charge in [-0.2, -0.15) is 0 Å². The van der Waals surface area contributed by atoms with E-state index in [0.717, 1.165) is 0 Å². The normalized spacial score (nSPS) is 10.7. The van der Waals surface area contributed by atoms with Crippen LogP contribution in [0.2, 0.25) is 0 Å². The van der Waals surface area contributed by atoms with E-state index in [4.69, 9.17) is 29.4 Å². The molecule has 111 valence electrons. The molecule has 6 N–H and O–H groups in total. The Bertz CT molecular complexity index is 399. The number of rotatable bonds is 0. The molecular weight excluding hydrogens is 414 g/mol. The predicted molar refractivity (Wildman–Crippen MR) is 77.4 cm³/mol. The molecule has 0 atom stereocenters. The van der Waals surface area contributed by atoms with Gasteiger partial charge in [0.25, 0.3) is 0 Å². The molecule has 19 heavy (non-hydrogen) atoms. The van der Waals surface area contributed by atoms with Crippen LogP contribution >= 0.6 is 13.4 Å². The maximum Gasteiger partial charge on any atom is 0.319 e. The summed E-state index contributed by atoms with van der Waals surface area (Å²) in [4.78, 5) is 45.3. The molecule has 1 aromatic rings. The minimum absolute atomic E-state index is 1.36. The SMILES string of the molecule is Cc1cc(C)c[c]([Mo])c1.OP(O)(O)=S.OP(O)(O)=S. The average molecular weight is 429 g/mol. The van der Waals surface area contributed by atoms with Gasteiger partial charge in [-0.3, -0.25) is 0 Å². The van der Waals surface area contributed by atoms with Crippen LogP contribution in [0.3, 0.4) is 0 Å². The minimum atomic E-state index is -3.81. The third-order valence-corrected chi connectivity index (χ3v) is 1.77. The molecule has 0 bridgehead atoms. The molecule has 1 rings (SSSR count). The van der Waals surface area contributed by atoms with Crippen LogP contribution in [0.1, 0.15) is 11.1 Å². The summed E-state index contributed by atoms with van der Waals surface area (Å²) in [5.41, 5.74) is 2.71. The van der Waals surface area contributed by atoms with E-state index in [-0.39, 0.29) is 0 Å². The van der Waals surface area contributed by atoms with Crippen LogP contribution in [0, 0.1) is 13.8 Å². The molecule has 0 aliphatic carbocycles. The summed E-state index contributed by atoms with van der Waals surface area (Å²) in [5, 5.41) is 0. The zero-order chi connectivity index (χ0) is 15.9. The van der Waals surface area contributed by atoms with Crippen LogP contribution in [0.5, 0.6) is 0 Å². The van der Waals surface area contributed by atoms with Gasteiger partial charge >= 0.3 is 80.4 Å². The van der Waals surface area contributed by atoms with Crippen molar-refractivity contribution >= 4 is 41.0 Å². The zero-order valence-corrected chi connectivity index (χ0v) is 15.5. The third-order valence-electron chi connectivity index (χ3n) is 1.20. The summed E-state index contributed by atoms with van der Waals surface area (Å²) in [6.45, 7) is -3.36. The van der Waals surface area contributed by atoms with Gasteiger partial charge < -0.3 is 29.4 Å². The summed E-state index contributed by atoms with van der Waals surface area (Å²) in [5.74, 6) is 0. The summed E-state index contributed by atoms with van der Waals surface area (Å²) < 4.78 is 1.36. The Kier molecular flexibility index (Phi) is 11.5. The van der Waals surface area contributed by atoms with Crippen molar-refractivity contribution in [2.45, 2.75) is 13.8 Å². The van der Waals surface area contributed by atoms with Crippen molar-refractivity contribution in [2.24, 2.45) is 0 Å². The van der Waals surface area contributed by atoms with Gasteiger partial charge in [-0.15, -0.1) is 0 Å².